The van der Waals surface area contributed by atoms with Crippen LogP contribution >= 0.6 is 15.9 Å². The topological polar surface area (TPSA) is 50.8 Å². The molecule has 0 unspecified atom stereocenters. The number of hydrogen-bond acceptors (Lipinski definition) is 4. The van der Waals surface area contributed by atoms with Crippen molar-refractivity contribution in [2.45, 2.75) is 0 Å². The number of methoxy groups -OCH3 is 1. The Balaban J connectivity index is 2.19. The number of rotatable bonds is 4. The molecule has 19 heavy (non-hydrogen) atoms. The van der Waals surface area contributed by atoms with Gasteiger partial charge < -0.3 is 19.7 Å². The first-order valence-corrected chi connectivity index (χ1v) is 6.91. The van der Waals surface area contributed by atoms with E-state index >= 15 is 0 Å². The monoisotopic (exact) mass is 328 g/mol. The van der Waals surface area contributed by atoms with Crippen LogP contribution in [0.5, 0.6) is 0 Å². The summed E-state index contributed by atoms with van der Waals surface area (Å²) in [7, 11) is 1.50. The Bertz CT molecular complexity index is 448. The van der Waals surface area contributed by atoms with Crippen LogP contribution in [-0.4, -0.2) is 45.9 Å². The Morgan fingerprint density at radius 1 is 1.47 bits per heavy atom. The standard InChI is InChI=1S/C13H17BrN2O3/c1-18-9-13(17)15-11-8-10(14)2-3-12(11)16-4-6-19-7-5-16/h2-3,8H,4-7,9H2,1H3,(H,15,17). The number of ether oxygens (including phenoxy) is 2. The summed E-state index contributed by atoms with van der Waals surface area (Å²) in [5.74, 6) is -0.157. The van der Waals surface area contributed by atoms with E-state index in [1.807, 2.05) is 18.2 Å². The van der Waals surface area contributed by atoms with Gasteiger partial charge in [-0.1, -0.05) is 15.9 Å². The van der Waals surface area contributed by atoms with Gasteiger partial charge in [0.15, 0.2) is 0 Å². The van der Waals surface area contributed by atoms with Crippen molar-refractivity contribution in [3.63, 3.8) is 0 Å². The second-order valence-corrected chi connectivity index (χ2v) is 5.16. The molecule has 1 heterocycles. The first-order chi connectivity index (χ1) is 9.20. The Hall–Kier alpha value is -1.11. The molecule has 1 aliphatic heterocycles. The van der Waals surface area contributed by atoms with Crippen LogP contribution in [0, 0.1) is 0 Å². The maximum atomic E-state index is 11.7. The molecule has 1 N–H and O–H groups in total. The molecule has 104 valence electrons. The van der Waals surface area contributed by atoms with Gasteiger partial charge in [-0.15, -0.1) is 0 Å². The van der Waals surface area contributed by atoms with Gasteiger partial charge in [0.2, 0.25) is 5.91 Å². The molecule has 6 heteroatoms. The predicted octanol–water partition coefficient (Wildman–Crippen LogP) is 1.87. The Kier molecular flexibility index (Phi) is 5.18. The first kappa shape index (κ1) is 14.3. The number of anilines is 2. The molecule has 0 spiro atoms. The fraction of sp³-hybridized carbons (Fsp3) is 0.462. The zero-order valence-electron chi connectivity index (χ0n) is 10.8. The van der Waals surface area contributed by atoms with Crippen molar-refractivity contribution in [3.8, 4) is 0 Å². The molecule has 0 radical (unpaired) electrons. The highest BCUT2D eigenvalue weighted by atomic mass is 79.9. The number of morpholine rings is 1. The summed E-state index contributed by atoms with van der Waals surface area (Å²) in [4.78, 5) is 13.9. The zero-order valence-corrected chi connectivity index (χ0v) is 12.4. The van der Waals surface area contributed by atoms with Gasteiger partial charge >= 0.3 is 0 Å². The average molecular weight is 329 g/mol. The maximum absolute atomic E-state index is 11.7. The third kappa shape index (κ3) is 3.92. The van der Waals surface area contributed by atoms with Crippen LogP contribution in [0.15, 0.2) is 22.7 Å². The minimum absolute atomic E-state index is 0.0507. The Morgan fingerprint density at radius 3 is 2.89 bits per heavy atom. The summed E-state index contributed by atoms with van der Waals surface area (Å²) in [5, 5.41) is 2.87. The van der Waals surface area contributed by atoms with E-state index in [4.69, 9.17) is 9.47 Å². The molecule has 0 bridgehead atoms. The fourth-order valence-electron chi connectivity index (χ4n) is 2.01. The second-order valence-electron chi connectivity index (χ2n) is 4.24. The van der Waals surface area contributed by atoms with Crippen LogP contribution in [-0.2, 0) is 14.3 Å². The van der Waals surface area contributed by atoms with Crippen LogP contribution in [0.1, 0.15) is 0 Å². The quantitative estimate of drug-likeness (QED) is 0.916. The number of amides is 1. The van der Waals surface area contributed by atoms with Gasteiger partial charge in [0, 0.05) is 24.7 Å². The highest BCUT2D eigenvalue weighted by Crippen LogP contribution is 2.30. The molecule has 0 saturated carbocycles. The lowest BCUT2D eigenvalue weighted by Crippen LogP contribution is -2.36. The van der Waals surface area contributed by atoms with Gasteiger partial charge in [-0.2, -0.15) is 0 Å². The zero-order chi connectivity index (χ0) is 13.7. The van der Waals surface area contributed by atoms with Crippen molar-refractivity contribution < 1.29 is 14.3 Å². The smallest absolute Gasteiger partial charge is 0.250 e. The van der Waals surface area contributed by atoms with E-state index in [0.717, 1.165) is 28.9 Å². The number of benzene rings is 1. The number of nitrogens with one attached hydrogen (secondary N) is 1. The van der Waals surface area contributed by atoms with Crippen molar-refractivity contribution >= 4 is 33.2 Å². The molecule has 1 amide bonds. The van der Waals surface area contributed by atoms with E-state index in [0.29, 0.717) is 13.2 Å². The number of carbonyl (C=O) groups excluding carboxylic acids is 1. The summed E-state index contributed by atoms with van der Waals surface area (Å²) in [6.45, 7) is 3.13. The fourth-order valence-corrected chi connectivity index (χ4v) is 2.37. The largest absolute Gasteiger partial charge is 0.378 e. The molecule has 0 atom stereocenters. The summed E-state index contributed by atoms with van der Waals surface area (Å²) in [5.41, 5.74) is 1.80. The summed E-state index contributed by atoms with van der Waals surface area (Å²) >= 11 is 3.42. The van der Waals surface area contributed by atoms with E-state index in [9.17, 15) is 4.79 Å². The minimum Gasteiger partial charge on any atom is -0.378 e. The van der Waals surface area contributed by atoms with Gasteiger partial charge in [-0.05, 0) is 18.2 Å². The van der Waals surface area contributed by atoms with E-state index in [1.54, 1.807) is 0 Å². The molecule has 1 aromatic rings. The Labute approximate surface area is 121 Å². The van der Waals surface area contributed by atoms with Crippen LogP contribution < -0.4 is 10.2 Å². The van der Waals surface area contributed by atoms with Crippen molar-refractivity contribution in [3.05, 3.63) is 22.7 Å². The van der Waals surface area contributed by atoms with Crippen LogP contribution in [0.2, 0.25) is 0 Å². The summed E-state index contributed by atoms with van der Waals surface area (Å²) < 4.78 is 11.1. The molecule has 1 saturated heterocycles. The van der Waals surface area contributed by atoms with Crippen molar-refractivity contribution in [1.82, 2.24) is 0 Å². The van der Waals surface area contributed by atoms with Crippen molar-refractivity contribution in [1.29, 1.82) is 0 Å². The highest BCUT2D eigenvalue weighted by Gasteiger charge is 2.16. The third-order valence-corrected chi connectivity index (χ3v) is 3.35. The molecule has 1 aliphatic rings. The normalized spacial score (nSPS) is 15.4. The summed E-state index contributed by atoms with van der Waals surface area (Å²) in [6, 6.07) is 5.87. The van der Waals surface area contributed by atoms with Gasteiger partial charge in [0.1, 0.15) is 6.61 Å². The third-order valence-electron chi connectivity index (χ3n) is 2.86. The molecular weight excluding hydrogens is 312 g/mol. The number of carbonyl (C=O) groups is 1. The average Bonchev–Trinajstić information content (AvgIpc) is 2.40. The van der Waals surface area contributed by atoms with Crippen LogP contribution in [0.4, 0.5) is 11.4 Å². The predicted molar refractivity (Wildman–Crippen MR) is 77.7 cm³/mol. The van der Waals surface area contributed by atoms with E-state index in [2.05, 4.69) is 26.1 Å². The van der Waals surface area contributed by atoms with E-state index in [-0.39, 0.29) is 12.5 Å². The molecule has 0 aromatic heterocycles. The van der Waals surface area contributed by atoms with Gasteiger partial charge in [0.25, 0.3) is 0 Å². The lowest BCUT2D eigenvalue weighted by Gasteiger charge is -2.30. The van der Waals surface area contributed by atoms with Gasteiger partial charge in [-0.25, -0.2) is 0 Å². The number of halogens is 1. The first-order valence-electron chi connectivity index (χ1n) is 6.12. The lowest BCUT2D eigenvalue weighted by atomic mass is 10.2. The maximum Gasteiger partial charge on any atom is 0.250 e. The molecule has 2 rings (SSSR count). The SMILES string of the molecule is COCC(=O)Nc1cc(Br)ccc1N1CCOCC1. The van der Waals surface area contributed by atoms with Crippen LogP contribution in [0.3, 0.4) is 0 Å². The molecule has 1 aromatic carbocycles. The van der Waals surface area contributed by atoms with Gasteiger partial charge in [0.05, 0.1) is 24.6 Å². The number of hydrogen-bond donors (Lipinski definition) is 1. The molecule has 0 aliphatic carbocycles. The van der Waals surface area contributed by atoms with E-state index < -0.39 is 0 Å². The molecule has 5 nitrogen and oxygen atoms in total. The van der Waals surface area contributed by atoms with Crippen molar-refractivity contribution in [2.75, 3.05) is 50.2 Å². The van der Waals surface area contributed by atoms with E-state index in [1.165, 1.54) is 7.11 Å². The summed E-state index contributed by atoms with van der Waals surface area (Å²) in [6.07, 6.45) is 0. The highest BCUT2D eigenvalue weighted by molar-refractivity contribution is 9.10. The minimum atomic E-state index is -0.157. The molecular formula is C13H17BrN2O3. The second kappa shape index (κ2) is 6.88. The van der Waals surface area contributed by atoms with Gasteiger partial charge in [-0.3, -0.25) is 4.79 Å². The van der Waals surface area contributed by atoms with Crippen molar-refractivity contribution in [2.24, 2.45) is 0 Å². The Morgan fingerprint density at radius 2 is 2.21 bits per heavy atom. The lowest BCUT2D eigenvalue weighted by molar-refractivity contribution is -0.119. The number of nitrogens with zero attached hydrogens (tertiary/aromatic N) is 1. The molecule has 1 fully saturated rings. The van der Waals surface area contributed by atoms with Crippen LogP contribution in [0.25, 0.3) is 0 Å².